The third-order valence-corrected chi connectivity index (χ3v) is 2.90. The van der Waals surface area contributed by atoms with Gasteiger partial charge in [-0.1, -0.05) is 11.6 Å². The SMILES string of the molecule is NCCCCCc1nc(-c2ccc([N+](=O)[O-])cc2)no1. The number of rotatable bonds is 7. The Morgan fingerprint density at radius 3 is 2.60 bits per heavy atom. The third kappa shape index (κ3) is 3.61. The molecule has 0 aliphatic heterocycles. The van der Waals surface area contributed by atoms with Gasteiger partial charge < -0.3 is 10.3 Å². The number of nitrogens with two attached hydrogens (primary N) is 1. The quantitative estimate of drug-likeness (QED) is 0.472. The zero-order chi connectivity index (χ0) is 14.4. The molecule has 0 unspecified atom stereocenters. The zero-order valence-electron chi connectivity index (χ0n) is 11.0. The minimum absolute atomic E-state index is 0.0410. The van der Waals surface area contributed by atoms with Gasteiger partial charge in [0.2, 0.25) is 11.7 Å². The van der Waals surface area contributed by atoms with Crippen molar-refractivity contribution in [2.75, 3.05) is 6.54 Å². The number of nitrogens with zero attached hydrogens (tertiary/aromatic N) is 3. The predicted molar refractivity (Wildman–Crippen MR) is 73.0 cm³/mol. The Morgan fingerprint density at radius 1 is 1.20 bits per heavy atom. The number of nitro benzene ring substituents is 1. The van der Waals surface area contributed by atoms with E-state index in [4.69, 9.17) is 10.3 Å². The Bertz CT molecular complexity index is 565. The van der Waals surface area contributed by atoms with Gasteiger partial charge in [-0.3, -0.25) is 10.1 Å². The molecule has 0 atom stereocenters. The second kappa shape index (κ2) is 6.76. The molecule has 1 aromatic heterocycles. The summed E-state index contributed by atoms with van der Waals surface area (Å²) in [6.07, 6.45) is 3.70. The Balaban J connectivity index is 1.99. The minimum atomic E-state index is -0.442. The van der Waals surface area contributed by atoms with Crippen molar-refractivity contribution in [3.8, 4) is 11.4 Å². The van der Waals surface area contributed by atoms with E-state index in [9.17, 15) is 10.1 Å². The Morgan fingerprint density at radius 2 is 1.95 bits per heavy atom. The number of hydrogen-bond acceptors (Lipinski definition) is 6. The molecule has 0 fully saturated rings. The smallest absolute Gasteiger partial charge is 0.269 e. The number of nitro groups is 1. The van der Waals surface area contributed by atoms with Gasteiger partial charge in [0.05, 0.1) is 4.92 Å². The van der Waals surface area contributed by atoms with Gasteiger partial charge in [0.1, 0.15) is 0 Å². The maximum atomic E-state index is 10.6. The molecule has 0 amide bonds. The summed E-state index contributed by atoms with van der Waals surface area (Å²) in [5.74, 6) is 1.03. The first-order valence-electron chi connectivity index (χ1n) is 6.48. The molecule has 1 heterocycles. The molecule has 7 nitrogen and oxygen atoms in total. The van der Waals surface area contributed by atoms with Crippen molar-refractivity contribution >= 4 is 5.69 Å². The van der Waals surface area contributed by atoms with Gasteiger partial charge in [0.25, 0.3) is 5.69 Å². The van der Waals surface area contributed by atoms with Crippen LogP contribution in [0.3, 0.4) is 0 Å². The normalized spacial score (nSPS) is 10.7. The predicted octanol–water partition coefficient (Wildman–Crippen LogP) is 2.32. The number of unbranched alkanes of at least 4 members (excludes halogenated alkanes) is 2. The van der Waals surface area contributed by atoms with Gasteiger partial charge in [-0.15, -0.1) is 0 Å². The molecule has 0 saturated carbocycles. The number of aromatic nitrogens is 2. The largest absolute Gasteiger partial charge is 0.339 e. The maximum Gasteiger partial charge on any atom is 0.269 e. The first kappa shape index (κ1) is 14.1. The van der Waals surface area contributed by atoms with E-state index in [1.54, 1.807) is 12.1 Å². The van der Waals surface area contributed by atoms with Gasteiger partial charge in [-0.05, 0) is 31.5 Å². The fraction of sp³-hybridized carbons (Fsp3) is 0.385. The Labute approximate surface area is 115 Å². The average Bonchev–Trinajstić information content (AvgIpc) is 2.92. The van der Waals surface area contributed by atoms with Crippen molar-refractivity contribution < 1.29 is 9.45 Å². The van der Waals surface area contributed by atoms with Crippen LogP contribution in [-0.2, 0) is 6.42 Å². The lowest BCUT2D eigenvalue weighted by molar-refractivity contribution is -0.384. The van der Waals surface area contributed by atoms with Crippen molar-refractivity contribution in [1.82, 2.24) is 10.1 Å². The van der Waals surface area contributed by atoms with Crippen LogP contribution in [0.5, 0.6) is 0 Å². The number of aryl methyl sites for hydroxylation is 1. The van der Waals surface area contributed by atoms with E-state index in [2.05, 4.69) is 10.1 Å². The molecule has 0 bridgehead atoms. The van der Waals surface area contributed by atoms with E-state index in [1.807, 2.05) is 0 Å². The number of benzene rings is 1. The first-order chi connectivity index (χ1) is 9.70. The molecule has 0 radical (unpaired) electrons. The lowest BCUT2D eigenvalue weighted by atomic mass is 10.2. The van der Waals surface area contributed by atoms with E-state index in [0.717, 1.165) is 25.7 Å². The fourth-order valence-electron chi connectivity index (χ4n) is 1.80. The van der Waals surface area contributed by atoms with Gasteiger partial charge in [-0.25, -0.2) is 0 Å². The molecule has 1 aromatic carbocycles. The van der Waals surface area contributed by atoms with Crippen LogP contribution in [0.2, 0.25) is 0 Å². The number of hydrogen-bond donors (Lipinski definition) is 1. The summed E-state index contributed by atoms with van der Waals surface area (Å²) in [4.78, 5) is 14.4. The van der Waals surface area contributed by atoms with Crippen LogP contribution in [-0.4, -0.2) is 21.6 Å². The van der Waals surface area contributed by atoms with Crippen LogP contribution < -0.4 is 5.73 Å². The van der Waals surface area contributed by atoms with Crippen LogP contribution in [0, 0.1) is 10.1 Å². The van der Waals surface area contributed by atoms with Crippen molar-refractivity contribution in [1.29, 1.82) is 0 Å². The highest BCUT2D eigenvalue weighted by atomic mass is 16.6. The van der Waals surface area contributed by atoms with Crippen LogP contribution >= 0.6 is 0 Å². The second-order valence-electron chi connectivity index (χ2n) is 4.42. The summed E-state index contributed by atoms with van der Waals surface area (Å²) in [5.41, 5.74) is 6.16. The number of non-ortho nitro benzene ring substituents is 1. The minimum Gasteiger partial charge on any atom is -0.339 e. The van der Waals surface area contributed by atoms with Crippen LogP contribution in [0.25, 0.3) is 11.4 Å². The zero-order valence-corrected chi connectivity index (χ0v) is 11.0. The summed E-state index contributed by atoms with van der Waals surface area (Å²) in [6, 6.07) is 6.07. The van der Waals surface area contributed by atoms with Crippen molar-refractivity contribution in [3.05, 3.63) is 40.3 Å². The summed E-state index contributed by atoms with van der Waals surface area (Å²) in [7, 11) is 0. The van der Waals surface area contributed by atoms with Crippen LogP contribution in [0.1, 0.15) is 25.2 Å². The highest BCUT2D eigenvalue weighted by Crippen LogP contribution is 2.20. The summed E-state index contributed by atoms with van der Waals surface area (Å²) in [6.45, 7) is 0.692. The molecule has 106 valence electrons. The van der Waals surface area contributed by atoms with Gasteiger partial charge in [-0.2, -0.15) is 4.98 Å². The molecule has 0 spiro atoms. The van der Waals surface area contributed by atoms with Crippen LogP contribution in [0.4, 0.5) is 5.69 Å². The maximum absolute atomic E-state index is 10.6. The van der Waals surface area contributed by atoms with E-state index in [1.165, 1.54) is 12.1 Å². The Hall–Kier alpha value is -2.28. The fourth-order valence-corrected chi connectivity index (χ4v) is 1.80. The van der Waals surface area contributed by atoms with E-state index >= 15 is 0 Å². The lowest BCUT2D eigenvalue weighted by Crippen LogP contribution is -1.98. The summed E-state index contributed by atoms with van der Waals surface area (Å²) in [5, 5.41) is 14.5. The van der Waals surface area contributed by atoms with Gasteiger partial charge in [0.15, 0.2) is 0 Å². The molecule has 2 rings (SSSR count). The monoisotopic (exact) mass is 276 g/mol. The molecule has 20 heavy (non-hydrogen) atoms. The molecular weight excluding hydrogens is 260 g/mol. The second-order valence-corrected chi connectivity index (χ2v) is 4.42. The van der Waals surface area contributed by atoms with Crippen molar-refractivity contribution in [3.63, 3.8) is 0 Å². The highest BCUT2D eigenvalue weighted by Gasteiger charge is 2.10. The van der Waals surface area contributed by atoms with Crippen molar-refractivity contribution in [2.45, 2.75) is 25.7 Å². The molecular formula is C13H16N4O3. The summed E-state index contributed by atoms with van der Waals surface area (Å²) < 4.78 is 5.15. The van der Waals surface area contributed by atoms with Crippen LogP contribution in [0.15, 0.2) is 28.8 Å². The van der Waals surface area contributed by atoms with E-state index in [0.29, 0.717) is 23.8 Å². The molecule has 2 N–H and O–H groups in total. The van der Waals surface area contributed by atoms with E-state index in [-0.39, 0.29) is 5.69 Å². The lowest BCUT2D eigenvalue weighted by Gasteiger charge is -1.95. The standard InChI is InChI=1S/C13H16N4O3/c14-9-3-1-2-4-12-15-13(16-20-12)10-5-7-11(8-6-10)17(18)19/h5-8H,1-4,9,14H2. The van der Waals surface area contributed by atoms with Gasteiger partial charge >= 0.3 is 0 Å². The molecule has 0 saturated heterocycles. The third-order valence-electron chi connectivity index (χ3n) is 2.90. The topological polar surface area (TPSA) is 108 Å². The first-order valence-corrected chi connectivity index (χ1v) is 6.48. The molecule has 2 aromatic rings. The summed E-state index contributed by atoms with van der Waals surface area (Å²) >= 11 is 0. The van der Waals surface area contributed by atoms with Gasteiger partial charge in [0, 0.05) is 24.1 Å². The average molecular weight is 276 g/mol. The molecule has 0 aliphatic rings. The highest BCUT2D eigenvalue weighted by molar-refractivity contribution is 5.56. The molecule has 7 heteroatoms. The Kier molecular flexibility index (Phi) is 4.78. The van der Waals surface area contributed by atoms with E-state index < -0.39 is 4.92 Å². The molecule has 0 aliphatic carbocycles. The van der Waals surface area contributed by atoms with Crippen molar-refractivity contribution in [2.24, 2.45) is 5.73 Å².